The van der Waals surface area contributed by atoms with Crippen molar-refractivity contribution >= 4 is 29.3 Å². The summed E-state index contributed by atoms with van der Waals surface area (Å²) in [5, 5.41) is 2.99. The summed E-state index contributed by atoms with van der Waals surface area (Å²) in [5.74, 6) is 0.435. The molecule has 0 aliphatic heterocycles. The van der Waals surface area contributed by atoms with Crippen LogP contribution in [0.3, 0.4) is 0 Å². The third-order valence-electron chi connectivity index (χ3n) is 4.90. The van der Waals surface area contributed by atoms with E-state index in [1.807, 2.05) is 48.5 Å². The van der Waals surface area contributed by atoms with Gasteiger partial charge in [-0.2, -0.15) is 0 Å². The van der Waals surface area contributed by atoms with E-state index in [0.717, 1.165) is 35.2 Å². The molecule has 27 heavy (non-hydrogen) atoms. The summed E-state index contributed by atoms with van der Waals surface area (Å²) in [6, 6.07) is 24.5. The number of rotatable bonds is 4. The van der Waals surface area contributed by atoms with Crippen LogP contribution in [-0.4, -0.2) is 5.91 Å². The van der Waals surface area contributed by atoms with Gasteiger partial charge < -0.3 is 5.32 Å². The molecule has 0 atom stereocenters. The van der Waals surface area contributed by atoms with Gasteiger partial charge in [0.1, 0.15) is 0 Å². The molecule has 0 aromatic heterocycles. The Morgan fingerprint density at radius 2 is 1.67 bits per heavy atom. The second-order valence-corrected chi connectivity index (χ2v) is 7.00. The zero-order valence-corrected chi connectivity index (χ0v) is 15.7. The van der Waals surface area contributed by atoms with E-state index in [1.165, 1.54) is 16.7 Å². The number of halogens is 1. The van der Waals surface area contributed by atoms with Crippen LogP contribution in [0.15, 0.2) is 78.4 Å². The summed E-state index contributed by atoms with van der Waals surface area (Å²) in [6.07, 6.45) is 3.66. The first-order chi connectivity index (χ1) is 13.2. The average Bonchev–Trinajstić information content (AvgIpc) is 2.74. The molecule has 1 amide bonds. The number of hydrogen-bond donors (Lipinski definition) is 1. The van der Waals surface area contributed by atoms with E-state index >= 15 is 0 Å². The van der Waals surface area contributed by atoms with Gasteiger partial charge in [-0.25, -0.2) is 0 Å². The van der Waals surface area contributed by atoms with Crippen LogP contribution < -0.4 is 5.32 Å². The van der Waals surface area contributed by atoms with Crippen LogP contribution >= 0.6 is 11.6 Å². The summed E-state index contributed by atoms with van der Waals surface area (Å²) >= 11 is 5.82. The number of amides is 1. The highest BCUT2D eigenvalue weighted by Gasteiger charge is 2.17. The molecule has 0 bridgehead atoms. The maximum Gasteiger partial charge on any atom is 0.251 e. The maximum atomic E-state index is 12.7. The Morgan fingerprint density at radius 3 is 2.41 bits per heavy atom. The Balaban J connectivity index is 1.56. The Morgan fingerprint density at radius 1 is 0.889 bits per heavy atom. The molecule has 0 radical (unpaired) electrons. The number of nitrogens with one attached hydrogen (secondary N) is 1. The molecule has 4 rings (SSSR count). The van der Waals surface area contributed by atoms with Gasteiger partial charge in [-0.3, -0.25) is 4.79 Å². The molecule has 1 aliphatic carbocycles. The molecule has 1 aliphatic rings. The average molecular weight is 374 g/mol. The van der Waals surface area contributed by atoms with E-state index in [2.05, 4.69) is 35.6 Å². The van der Waals surface area contributed by atoms with E-state index < -0.39 is 0 Å². The fourth-order valence-corrected chi connectivity index (χ4v) is 3.54. The summed E-state index contributed by atoms with van der Waals surface area (Å²) in [6.45, 7) is 0. The molecular weight excluding hydrogens is 354 g/mol. The second-order valence-electron chi connectivity index (χ2n) is 6.73. The summed E-state index contributed by atoms with van der Waals surface area (Å²) < 4.78 is 0. The van der Waals surface area contributed by atoms with Gasteiger partial charge in [0, 0.05) is 17.1 Å². The fourth-order valence-electron chi connectivity index (χ4n) is 3.36. The summed E-state index contributed by atoms with van der Waals surface area (Å²) in [5.41, 5.74) is 7.41. The molecule has 134 valence electrons. The van der Waals surface area contributed by atoms with Crippen molar-refractivity contribution < 1.29 is 4.79 Å². The van der Waals surface area contributed by atoms with Gasteiger partial charge in [0.25, 0.3) is 5.91 Å². The molecule has 3 aromatic carbocycles. The minimum Gasteiger partial charge on any atom is -0.322 e. The SMILES string of the molecule is O=C(Nc1ccc(CCl)cc1)C1=Cc2cc(-c3ccccc3)ccc2CC1. The van der Waals surface area contributed by atoms with Crippen molar-refractivity contribution in [3.8, 4) is 11.1 Å². The minimum atomic E-state index is -0.0376. The lowest BCUT2D eigenvalue weighted by atomic mass is 9.89. The Labute approximate surface area is 164 Å². The number of anilines is 1. The van der Waals surface area contributed by atoms with Crippen molar-refractivity contribution in [3.63, 3.8) is 0 Å². The molecule has 2 nitrogen and oxygen atoms in total. The standard InChI is InChI=1S/C24H20ClNO/c25-16-17-6-12-23(13-7-17)26-24(27)21-11-9-19-8-10-20(14-22(19)15-21)18-4-2-1-3-5-18/h1-8,10,12-15H,9,11,16H2,(H,26,27). The first kappa shape index (κ1) is 17.6. The molecule has 0 unspecified atom stereocenters. The molecular formula is C24H20ClNO. The quantitative estimate of drug-likeness (QED) is 0.553. The zero-order chi connectivity index (χ0) is 18.6. The number of benzene rings is 3. The zero-order valence-electron chi connectivity index (χ0n) is 14.9. The number of carbonyl (C=O) groups is 1. The van der Waals surface area contributed by atoms with E-state index in [9.17, 15) is 4.79 Å². The number of hydrogen-bond acceptors (Lipinski definition) is 1. The van der Waals surface area contributed by atoms with Crippen molar-refractivity contribution in [1.82, 2.24) is 0 Å². The topological polar surface area (TPSA) is 29.1 Å². The first-order valence-corrected chi connectivity index (χ1v) is 9.61. The van der Waals surface area contributed by atoms with Gasteiger partial charge in [0.15, 0.2) is 0 Å². The van der Waals surface area contributed by atoms with Gasteiger partial charge in [0.05, 0.1) is 0 Å². The van der Waals surface area contributed by atoms with Gasteiger partial charge in [-0.1, -0.05) is 54.6 Å². The fraction of sp³-hybridized carbons (Fsp3) is 0.125. The largest absolute Gasteiger partial charge is 0.322 e. The van der Waals surface area contributed by atoms with Crippen LogP contribution in [0.2, 0.25) is 0 Å². The predicted molar refractivity (Wildman–Crippen MR) is 113 cm³/mol. The van der Waals surface area contributed by atoms with Crippen molar-refractivity contribution in [1.29, 1.82) is 0 Å². The molecule has 3 heteroatoms. The van der Waals surface area contributed by atoms with Crippen molar-refractivity contribution in [2.45, 2.75) is 18.7 Å². The number of fused-ring (bicyclic) bond motifs is 1. The third kappa shape index (κ3) is 3.96. The highest BCUT2D eigenvalue weighted by Crippen LogP contribution is 2.29. The molecule has 0 fully saturated rings. The van der Waals surface area contributed by atoms with Gasteiger partial charge in [-0.05, 0) is 64.9 Å². The monoisotopic (exact) mass is 373 g/mol. The van der Waals surface area contributed by atoms with Crippen LogP contribution in [0, 0.1) is 0 Å². The van der Waals surface area contributed by atoms with E-state index in [-0.39, 0.29) is 5.91 Å². The van der Waals surface area contributed by atoms with E-state index in [1.54, 1.807) is 0 Å². The highest BCUT2D eigenvalue weighted by molar-refractivity contribution is 6.17. The summed E-state index contributed by atoms with van der Waals surface area (Å²) in [4.78, 5) is 12.7. The second kappa shape index (κ2) is 7.81. The molecule has 0 spiro atoms. The van der Waals surface area contributed by atoms with Gasteiger partial charge in [0.2, 0.25) is 0 Å². The minimum absolute atomic E-state index is 0.0376. The first-order valence-electron chi connectivity index (χ1n) is 9.08. The van der Waals surface area contributed by atoms with Gasteiger partial charge in [-0.15, -0.1) is 11.6 Å². The molecule has 0 heterocycles. The highest BCUT2D eigenvalue weighted by atomic mass is 35.5. The Hall–Kier alpha value is -2.84. The van der Waals surface area contributed by atoms with Crippen molar-refractivity contribution in [2.24, 2.45) is 0 Å². The smallest absolute Gasteiger partial charge is 0.251 e. The molecule has 0 saturated heterocycles. The third-order valence-corrected chi connectivity index (χ3v) is 5.21. The van der Waals surface area contributed by atoms with Crippen LogP contribution in [0.25, 0.3) is 17.2 Å². The van der Waals surface area contributed by atoms with Crippen LogP contribution in [0.1, 0.15) is 23.1 Å². The lowest BCUT2D eigenvalue weighted by molar-refractivity contribution is -0.112. The van der Waals surface area contributed by atoms with Crippen LogP contribution in [0.5, 0.6) is 0 Å². The van der Waals surface area contributed by atoms with Crippen molar-refractivity contribution in [2.75, 3.05) is 5.32 Å². The van der Waals surface area contributed by atoms with E-state index in [4.69, 9.17) is 11.6 Å². The van der Waals surface area contributed by atoms with Crippen LogP contribution in [0.4, 0.5) is 5.69 Å². The normalized spacial score (nSPS) is 12.9. The van der Waals surface area contributed by atoms with E-state index in [0.29, 0.717) is 5.88 Å². The molecule has 0 saturated carbocycles. The van der Waals surface area contributed by atoms with Gasteiger partial charge >= 0.3 is 0 Å². The summed E-state index contributed by atoms with van der Waals surface area (Å²) in [7, 11) is 0. The van der Waals surface area contributed by atoms with Crippen LogP contribution in [-0.2, 0) is 17.1 Å². The van der Waals surface area contributed by atoms with Crippen molar-refractivity contribution in [3.05, 3.63) is 95.1 Å². The predicted octanol–water partition coefficient (Wildman–Crippen LogP) is 6.06. The Kier molecular flexibility index (Phi) is 5.08. The number of alkyl halides is 1. The lowest BCUT2D eigenvalue weighted by Gasteiger charge is -2.17. The molecule has 3 aromatic rings. The maximum absolute atomic E-state index is 12.7. The molecule has 1 N–H and O–H groups in total. The number of aryl methyl sites for hydroxylation is 1. The lowest BCUT2D eigenvalue weighted by Crippen LogP contribution is -2.17. The Bertz CT molecular complexity index is 991. The number of carbonyl (C=O) groups excluding carboxylic acids is 1.